The highest BCUT2D eigenvalue weighted by Crippen LogP contribution is 2.66. The van der Waals surface area contributed by atoms with Crippen molar-refractivity contribution in [3.63, 3.8) is 0 Å². The van der Waals surface area contributed by atoms with Gasteiger partial charge in [-0.25, -0.2) is 22.9 Å². The third kappa shape index (κ3) is 6.89. The maximum Gasteiger partial charge on any atom is 0.490 e. The molecule has 220 valence electrons. The number of halogens is 1. The Morgan fingerprint density at radius 1 is 1.00 bits per heavy atom. The van der Waals surface area contributed by atoms with Gasteiger partial charge in [-0.15, -0.1) is 0 Å². The molecule has 0 saturated carbocycles. The van der Waals surface area contributed by atoms with E-state index in [4.69, 9.17) is 19.0 Å². The van der Waals surface area contributed by atoms with E-state index < -0.39 is 78.2 Å². The van der Waals surface area contributed by atoms with Crippen molar-refractivity contribution in [3.8, 4) is 0 Å². The summed E-state index contributed by atoms with van der Waals surface area (Å²) in [4.78, 5) is 61.4. The molecule has 0 amide bonds. The van der Waals surface area contributed by atoms with E-state index in [1.165, 1.54) is 6.07 Å². The molecule has 0 bridgehead atoms. The van der Waals surface area contributed by atoms with Crippen LogP contribution in [0.1, 0.15) is 11.9 Å². The van der Waals surface area contributed by atoms with E-state index in [1.54, 1.807) is 0 Å². The average Bonchev–Trinajstić information content (AvgIpc) is 3.33. The number of aliphatic hydroxyl groups is 2. The summed E-state index contributed by atoms with van der Waals surface area (Å²) < 4.78 is 70.7. The predicted octanol–water partition coefficient (Wildman–Crippen LogP) is -0.699. The van der Waals surface area contributed by atoms with Crippen LogP contribution in [-0.4, -0.2) is 69.0 Å². The standard InChI is InChI=1S/C17H19FN3O16P3/c18-8-1-2-9-10(19-35-11(9)5-8)6-21-13(22)3-4-20(17(21)25)16-15(24)14(23)12(34-16)7-33-39(29,30)37-40(31,32)36-38(26,27)28/h1-5,12,14-16,23-24H,6-7H2,(H,29,30)(H,31,32)(H2,26,27,28)/t12-,14+,15+,16-/m1/s1. The SMILES string of the molecule is O=c1ccn([C@@H]2O[C@H](COP(=O)(O)OP(=O)(O)OP(=O)(O)O)[C@H](O)[C@@H]2O)c(=O)n1Cc1noc2cc(F)ccc12. The lowest BCUT2D eigenvalue weighted by Gasteiger charge is -2.19. The monoisotopic (exact) mass is 633 g/mol. The second-order valence-electron chi connectivity index (χ2n) is 8.13. The molecule has 1 saturated heterocycles. The van der Waals surface area contributed by atoms with Crippen LogP contribution >= 0.6 is 23.5 Å². The van der Waals surface area contributed by atoms with E-state index in [9.17, 15) is 47.7 Å². The molecule has 1 fully saturated rings. The highest BCUT2D eigenvalue weighted by atomic mass is 31.3. The van der Waals surface area contributed by atoms with Crippen LogP contribution in [0, 0.1) is 5.82 Å². The summed E-state index contributed by atoms with van der Waals surface area (Å²) in [5.74, 6) is -0.608. The van der Waals surface area contributed by atoms with Crippen molar-refractivity contribution in [2.24, 2.45) is 0 Å². The van der Waals surface area contributed by atoms with Crippen molar-refractivity contribution in [2.75, 3.05) is 6.61 Å². The fourth-order valence-electron chi connectivity index (χ4n) is 3.67. The number of phosphoric acid groups is 3. The van der Waals surface area contributed by atoms with E-state index in [-0.39, 0.29) is 11.3 Å². The summed E-state index contributed by atoms with van der Waals surface area (Å²) in [6.07, 6.45) is -6.20. The van der Waals surface area contributed by atoms with E-state index in [0.29, 0.717) is 14.5 Å². The molecule has 6 N–H and O–H groups in total. The minimum absolute atomic E-state index is 0.0517. The first-order valence-electron chi connectivity index (χ1n) is 10.6. The number of benzene rings is 1. The van der Waals surface area contributed by atoms with Crippen LogP contribution in [0.15, 0.2) is 44.6 Å². The minimum Gasteiger partial charge on any atom is -0.387 e. The van der Waals surface area contributed by atoms with Crippen LogP contribution in [0.2, 0.25) is 0 Å². The Labute approximate surface area is 220 Å². The molecule has 3 aromatic rings. The molecule has 4 rings (SSSR count). The number of aromatic nitrogens is 3. The molecule has 1 aromatic carbocycles. The van der Waals surface area contributed by atoms with E-state index in [1.807, 2.05) is 0 Å². The number of hydrogen-bond donors (Lipinski definition) is 6. The molecule has 23 heteroatoms. The van der Waals surface area contributed by atoms with Gasteiger partial charge in [0.1, 0.15) is 29.8 Å². The Morgan fingerprint density at radius 3 is 2.38 bits per heavy atom. The van der Waals surface area contributed by atoms with Crippen LogP contribution in [0.5, 0.6) is 0 Å². The smallest absolute Gasteiger partial charge is 0.387 e. The average molecular weight is 633 g/mol. The highest BCUT2D eigenvalue weighted by Gasteiger charge is 2.47. The first-order chi connectivity index (χ1) is 18.5. The summed E-state index contributed by atoms with van der Waals surface area (Å²) in [6.45, 7) is -1.56. The van der Waals surface area contributed by atoms with Crippen molar-refractivity contribution < 1.29 is 70.3 Å². The largest absolute Gasteiger partial charge is 0.490 e. The summed E-state index contributed by atoms with van der Waals surface area (Å²) in [6, 6.07) is 4.41. The number of aliphatic hydroxyl groups excluding tert-OH is 2. The van der Waals surface area contributed by atoms with Crippen LogP contribution < -0.4 is 11.2 Å². The summed E-state index contributed by atoms with van der Waals surface area (Å²) >= 11 is 0. The van der Waals surface area contributed by atoms with Gasteiger partial charge in [-0.2, -0.15) is 8.62 Å². The summed E-state index contributed by atoms with van der Waals surface area (Å²) in [7, 11) is -17.0. The molecule has 1 aliphatic rings. The van der Waals surface area contributed by atoms with Crippen LogP contribution in [0.3, 0.4) is 0 Å². The zero-order chi connectivity index (χ0) is 29.6. The van der Waals surface area contributed by atoms with Crippen LogP contribution in [0.25, 0.3) is 11.0 Å². The second kappa shape index (κ2) is 11.1. The molecule has 0 spiro atoms. The third-order valence-electron chi connectivity index (χ3n) is 5.34. The summed E-state index contributed by atoms with van der Waals surface area (Å²) in [5, 5.41) is 24.8. The van der Waals surface area contributed by atoms with E-state index in [2.05, 4.69) is 18.3 Å². The molecule has 3 heterocycles. The molecule has 2 aromatic heterocycles. The number of rotatable bonds is 10. The van der Waals surface area contributed by atoms with Gasteiger partial charge in [-0.1, -0.05) is 5.16 Å². The topological polar surface area (TPSA) is 280 Å². The van der Waals surface area contributed by atoms with Crippen molar-refractivity contribution in [3.05, 3.63) is 62.8 Å². The lowest BCUT2D eigenvalue weighted by atomic mass is 10.1. The molecular weight excluding hydrogens is 614 g/mol. The predicted molar refractivity (Wildman–Crippen MR) is 124 cm³/mol. The number of hydrogen-bond acceptors (Lipinski definition) is 13. The molecule has 1 aliphatic heterocycles. The number of nitrogens with zero attached hydrogens (tertiary/aromatic N) is 3. The van der Waals surface area contributed by atoms with Crippen LogP contribution in [-0.2, 0) is 38.1 Å². The van der Waals surface area contributed by atoms with Gasteiger partial charge in [0.15, 0.2) is 11.8 Å². The van der Waals surface area contributed by atoms with Gasteiger partial charge in [0.05, 0.1) is 13.2 Å². The number of fused-ring (bicyclic) bond motifs is 1. The summed E-state index contributed by atoms with van der Waals surface area (Å²) in [5.41, 5.74) is -1.73. The second-order valence-corrected chi connectivity index (χ2v) is 12.6. The Balaban J connectivity index is 1.51. The maximum absolute atomic E-state index is 13.4. The third-order valence-corrected chi connectivity index (χ3v) is 9.14. The van der Waals surface area contributed by atoms with Gasteiger partial charge in [0, 0.05) is 23.7 Å². The lowest BCUT2D eigenvalue weighted by Crippen LogP contribution is -2.43. The van der Waals surface area contributed by atoms with E-state index >= 15 is 0 Å². The fourth-order valence-corrected chi connectivity index (χ4v) is 6.70. The molecule has 2 unspecified atom stereocenters. The molecule has 0 radical (unpaired) electrons. The van der Waals surface area contributed by atoms with Gasteiger partial charge in [-0.05, 0) is 12.1 Å². The first-order valence-corrected chi connectivity index (χ1v) is 15.1. The Hall–Kier alpha value is -2.41. The molecule has 6 atom stereocenters. The number of ether oxygens (including phenoxy) is 1. The fraction of sp³-hybridized carbons (Fsp3) is 0.353. The van der Waals surface area contributed by atoms with Crippen molar-refractivity contribution in [1.29, 1.82) is 0 Å². The van der Waals surface area contributed by atoms with Crippen molar-refractivity contribution in [1.82, 2.24) is 14.3 Å². The molecule has 19 nitrogen and oxygen atoms in total. The molecular formula is C17H19FN3O16P3. The van der Waals surface area contributed by atoms with Gasteiger partial charge in [-0.3, -0.25) is 18.5 Å². The molecule has 40 heavy (non-hydrogen) atoms. The molecule has 0 aliphatic carbocycles. The zero-order valence-electron chi connectivity index (χ0n) is 19.4. The maximum atomic E-state index is 13.4. The Bertz CT molecular complexity index is 1680. The normalized spacial score (nSPS) is 24.7. The number of phosphoric ester groups is 1. The Morgan fingerprint density at radius 2 is 1.70 bits per heavy atom. The van der Waals surface area contributed by atoms with Gasteiger partial charge >= 0.3 is 29.2 Å². The Kier molecular flexibility index (Phi) is 8.48. The van der Waals surface area contributed by atoms with Crippen molar-refractivity contribution in [2.45, 2.75) is 31.1 Å². The van der Waals surface area contributed by atoms with Crippen molar-refractivity contribution >= 4 is 34.4 Å². The van der Waals surface area contributed by atoms with Gasteiger partial charge < -0.3 is 39.0 Å². The first kappa shape index (κ1) is 30.5. The lowest BCUT2D eigenvalue weighted by molar-refractivity contribution is -0.0547. The minimum atomic E-state index is -5.81. The highest BCUT2D eigenvalue weighted by molar-refractivity contribution is 7.66. The van der Waals surface area contributed by atoms with E-state index in [0.717, 1.165) is 24.4 Å². The van der Waals surface area contributed by atoms with Gasteiger partial charge in [0.2, 0.25) is 0 Å². The van der Waals surface area contributed by atoms with Gasteiger partial charge in [0.25, 0.3) is 5.56 Å². The zero-order valence-corrected chi connectivity index (χ0v) is 22.1. The van der Waals surface area contributed by atoms with Crippen LogP contribution in [0.4, 0.5) is 4.39 Å². The quantitative estimate of drug-likeness (QED) is 0.151.